The topological polar surface area (TPSA) is 29.1 Å². The maximum absolute atomic E-state index is 12.3. The van der Waals surface area contributed by atoms with Gasteiger partial charge in [-0.3, -0.25) is 4.79 Å². The molecule has 120 valence electrons. The molecule has 0 aliphatic carbocycles. The Hall–Kier alpha value is -1.31. The summed E-state index contributed by atoms with van der Waals surface area (Å²) in [7, 11) is 0. The number of rotatable bonds is 3. The van der Waals surface area contributed by atoms with Crippen molar-refractivity contribution in [2.45, 2.75) is 74.1 Å². The van der Waals surface area contributed by atoms with Crippen LogP contribution in [0.25, 0.3) is 0 Å². The average molecular weight is 291 g/mol. The Morgan fingerprint density at radius 2 is 1.33 bits per heavy atom. The highest BCUT2D eigenvalue weighted by molar-refractivity contribution is 5.96. The predicted molar refractivity (Wildman–Crippen MR) is 94.1 cm³/mol. The molecule has 2 nitrogen and oxygen atoms in total. The van der Waals surface area contributed by atoms with E-state index in [2.05, 4.69) is 51.2 Å². The van der Waals surface area contributed by atoms with Crippen LogP contribution >= 0.6 is 0 Å². The molecule has 1 N–H and O–H groups in total. The maximum Gasteiger partial charge on any atom is 0.229 e. The van der Waals surface area contributed by atoms with Crippen molar-refractivity contribution < 1.29 is 4.79 Å². The normalized spacial score (nSPS) is 11.2. The highest BCUT2D eigenvalue weighted by atomic mass is 16.2. The van der Waals surface area contributed by atoms with E-state index in [0.717, 1.165) is 5.69 Å². The minimum absolute atomic E-state index is 0.0718. The van der Waals surface area contributed by atoms with Crippen LogP contribution < -0.4 is 5.32 Å². The minimum atomic E-state index is -0.377. The number of anilines is 1. The van der Waals surface area contributed by atoms with Crippen molar-refractivity contribution in [1.82, 2.24) is 0 Å². The van der Waals surface area contributed by atoms with E-state index < -0.39 is 0 Å². The van der Waals surface area contributed by atoms with Crippen LogP contribution in [0, 0.1) is 5.41 Å². The molecule has 1 rings (SSSR count). The number of carbonyl (C=O) groups excluding carboxylic acids is 1. The highest BCUT2D eigenvalue weighted by Crippen LogP contribution is 2.33. The van der Waals surface area contributed by atoms with Crippen LogP contribution in [0.3, 0.4) is 0 Å². The van der Waals surface area contributed by atoms with Crippen LogP contribution in [0.4, 0.5) is 5.69 Å². The van der Waals surface area contributed by atoms with E-state index in [4.69, 9.17) is 0 Å². The molecule has 1 aromatic rings. The lowest BCUT2D eigenvalue weighted by Crippen LogP contribution is -2.28. The fourth-order valence-electron chi connectivity index (χ4n) is 2.00. The Balaban J connectivity index is 0.00000191. The molecule has 0 aliphatic rings. The molecule has 0 spiro atoms. The van der Waals surface area contributed by atoms with Gasteiger partial charge < -0.3 is 5.32 Å². The first-order valence-corrected chi connectivity index (χ1v) is 8.08. The van der Waals surface area contributed by atoms with Crippen LogP contribution in [0.5, 0.6) is 0 Å². The Morgan fingerprint density at radius 1 is 0.952 bits per heavy atom. The molecule has 0 heterocycles. The summed E-state index contributed by atoms with van der Waals surface area (Å²) in [5.41, 5.74) is 3.05. The van der Waals surface area contributed by atoms with Gasteiger partial charge in [0, 0.05) is 11.1 Å². The first kappa shape index (κ1) is 19.7. The van der Waals surface area contributed by atoms with Crippen molar-refractivity contribution in [1.29, 1.82) is 0 Å². The summed E-state index contributed by atoms with van der Waals surface area (Å²) in [4.78, 5) is 12.3. The Kier molecular flexibility index (Phi) is 7.70. The Labute approximate surface area is 131 Å². The smallest absolute Gasteiger partial charge is 0.229 e. The second-order valence-corrected chi connectivity index (χ2v) is 6.82. The quantitative estimate of drug-likeness (QED) is 0.733. The zero-order valence-corrected chi connectivity index (χ0v) is 15.3. The van der Waals surface area contributed by atoms with Crippen molar-refractivity contribution in [3.05, 3.63) is 29.3 Å². The third-order valence-electron chi connectivity index (χ3n) is 3.29. The second kappa shape index (κ2) is 8.21. The first-order chi connectivity index (χ1) is 9.64. The lowest BCUT2D eigenvalue weighted by Gasteiger charge is -2.24. The number of para-hydroxylation sites is 1. The van der Waals surface area contributed by atoms with Crippen LogP contribution in [0.15, 0.2) is 18.2 Å². The zero-order chi connectivity index (χ0) is 16.8. The van der Waals surface area contributed by atoms with E-state index in [0.29, 0.717) is 11.8 Å². The maximum atomic E-state index is 12.3. The first-order valence-electron chi connectivity index (χ1n) is 8.08. The number of amides is 1. The molecule has 0 bridgehead atoms. The summed E-state index contributed by atoms with van der Waals surface area (Å²) >= 11 is 0. The fraction of sp³-hybridized carbons (Fsp3) is 0.632. The summed E-state index contributed by atoms with van der Waals surface area (Å²) in [6, 6.07) is 6.29. The Bertz CT molecular complexity index is 427. The van der Waals surface area contributed by atoms with E-state index in [1.54, 1.807) is 0 Å². The number of benzene rings is 1. The summed E-state index contributed by atoms with van der Waals surface area (Å²) in [5, 5.41) is 3.14. The van der Waals surface area contributed by atoms with Gasteiger partial charge in [-0.05, 0) is 23.0 Å². The molecule has 0 aliphatic heterocycles. The zero-order valence-electron chi connectivity index (χ0n) is 15.3. The van der Waals surface area contributed by atoms with Crippen molar-refractivity contribution in [2.24, 2.45) is 5.41 Å². The molecule has 0 saturated heterocycles. The average Bonchev–Trinajstić information content (AvgIpc) is 2.39. The van der Waals surface area contributed by atoms with Gasteiger partial charge in [0.1, 0.15) is 0 Å². The van der Waals surface area contributed by atoms with Gasteiger partial charge in [-0.2, -0.15) is 0 Å². The molecule has 0 atom stereocenters. The van der Waals surface area contributed by atoms with Crippen LogP contribution in [-0.4, -0.2) is 5.91 Å². The molecule has 0 aromatic heterocycles. The van der Waals surface area contributed by atoms with Gasteiger partial charge >= 0.3 is 0 Å². The van der Waals surface area contributed by atoms with Crippen LogP contribution in [0.2, 0.25) is 0 Å². The summed E-state index contributed by atoms with van der Waals surface area (Å²) in [6.07, 6.45) is 0. The van der Waals surface area contributed by atoms with E-state index in [-0.39, 0.29) is 11.3 Å². The highest BCUT2D eigenvalue weighted by Gasteiger charge is 2.24. The number of carbonyl (C=O) groups is 1. The third-order valence-corrected chi connectivity index (χ3v) is 3.29. The third kappa shape index (κ3) is 5.53. The lowest BCUT2D eigenvalue weighted by atomic mass is 9.90. The van der Waals surface area contributed by atoms with Gasteiger partial charge in [-0.25, -0.2) is 0 Å². The second-order valence-electron chi connectivity index (χ2n) is 6.82. The molecule has 1 aromatic carbocycles. The Morgan fingerprint density at radius 3 is 1.62 bits per heavy atom. The van der Waals surface area contributed by atoms with Gasteiger partial charge in [0.25, 0.3) is 0 Å². The largest absolute Gasteiger partial charge is 0.325 e. The van der Waals surface area contributed by atoms with E-state index in [1.165, 1.54) is 11.1 Å². The number of hydrogen-bond acceptors (Lipinski definition) is 1. The predicted octanol–water partition coefficient (Wildman–Crippen LogP) is 5.94. The van der Waals surface area contributed by atoms with E-state index >= 15 is 0 Å². The lowest BCUT2D eigenvalue weighted by molar-refractivity contribution is -0.123. The molecule has 2 heteroatoms. The molecule has 0 saturated carbocycles. The monoisotopic (exact) mass is 291 g/mol. The summed E-state index contributed by atoms with van der Waals surface area (Å²) in [6.45, 7) is 18.5. The number of hydrogen-bond donors (Lipinski definition) is 1. The van der Waals surface area contributed by atoms with Crippen LogP contribution in [-0.2, 0) is 4.79 Å². The van der Waals surface area contributed by atoms with Gasteiger partial charge in [-0.15, -0.1) is 0 Å². The van der Waals surface area contributed by atoms with Gasteiger partial charge in [0.05, 0.1) is 0 Å². The molecule has 0 unspecified atom stereocenters. The van der Waals surface area contributed by atoms with E-state index in [9.17, 15) is 4.79 Å². The molecule has 0 radical (unpaired) electrons. The molecular formula is C19H33NO. The number of nitrogens with one attached hydrogen (secondary N) is 1. The molecular weight excluding hydrogens is 258 g/mol. The van der Waals surface area contributed by atoms with Crippen molar-refractivity contribution >= 4 is 11.6 Å². The fourth-order valence-corrected chi connectivity index (χ4v) is 2.00. The van der Waals surface area contributed by atoms with Crippen molar-refractivity contribution in [2.75, 3.05) is 5.32 Å². The van der Waals surface area contributed by atoms with Crippen molar-refractivity contribution in [3.63, 3.8) is 0 Å². The molecule has 21 heavy (non-hydrogen) atoms. The summed E-state index contributed by atoms with van der Waals surface area (Å²) < 4.78 is 0. The molecule has 1 amide bonds. The van der Waals surface area contributed by atoms with Gasteiger partial charge in [0.15, 0.2) is 0 Å². The van der Waals surface area contributed by atoms with E-state index in [1.807, 2.05) is 34.6 Å². The standard InChI is InChI=1S/C17H27NO.C2H6/c1-11(2)13-9-8-10-14(12(3)4)15(13)18-16(19)17(5,6)7;1-2/h8-12H,1-7H3,(H,18,19);1-2H3. The minimum Gasteiger partial charge on any atom is -0.325 e. The molecule has 0 fully saturated rings. The van der Waals surface area contributed by atoms with Gasteiger partial charge in [-0.1, -0.05) is 80.5 Å². The van der Waals surface area contributed by atoms with Crippen molar-refractivity contribution in [3.8, 4) is 0 Å². The summed E-state index contributed by atoms with van der Waals surface area (Å²) in [5.74, 6) is 0.866. The van der Waals surface area contributed by atoms with Crippen LogP contribution in [0.1, 0.15) is 85.3 Å². The van der Waals surface area contributed by atoms with Gasteiger partial charge in [0.2, 0.25) is 5.91 Å². The SMILES string of the molecule is CC.CC(C)c1cccc(C(C)C)c1NC(=O)C(C)(C)C.